The van der Waals surface area contributed by atoms with Crippen molar-refractivity contribution in [3.05, 3.63) is 17.9 Å². The van der Waals surface area contributed by atoms with Gasteiger partial charge >= 0.3 is 0 Å². The third-order valence-corrected chi connectivity index (χ3v) is 2.58. The number of carbonyl (C=O) groups excluding carboxylic acids is 1. The zero-order valence-electron chi connectivity index (χ0n) is 11.8. The van der Waals surface area contributed by atoms with Crippen LogP contribution in [0.15, 0.2) is 12.1 Å². The van der Waals surface area contributed by atoms with E-state index in [1.165, 1.54) is 26.4 Å². The molecule has 5 nitrogen and oxygen atoms in total. The van der Waals surface area contributed by atoms with Crippen LogP contribution in [0.25, 0.3) is 0 Å². The fourth-order valence-electron chi connectivity index (χ4n) is 1.60. The van der Waals surface area contributed by atoms with Crippen molar-refractivity contribution in [1.29, 1.82) is 0 Å². The van der Waals surface area contributed by atoms with Gasteiger partial charge in [0.25, 0.3) is 0 Å². The third-order valence-electron chi connectivity index (χ3n) is 2.58. The lowest BCUT2D eigenvalue weighted by atomic mass is 10.2. The number of anilines is 1. The fourth-order valence-corrected chi connectivity index (χ4v) is 1.60. The Balaban J connectivity index is 0.00000361. The molecule has 0 aliphatic heterocycles. The summed E-state index contributed by atoms with van der Waals surface area (Å²) in [7, 11) is 4.64. The molecule has 1 aromatic carbocycles. The molecule has 0 spiro atoms. The van der Waals surface area contributed by atoms with Crippen LogP contribution in [0, 0.1) is 5.82 Å². The molecule has 0 unspecified atom stereocenters. The predicted octanol–water partition coefficient (Wildman–Crippen LogP) is 2.20. The van der Waals surface area contributed by atoms with Crippen molar-refractivity contribution >= 4 is 24.0 Å². The Labute approximate surface area is 124 Å². The summed E-state index contributed by atoms with van der Waals surface area (Å²) in [6.07, 6.45) is 1.07. The van der Waals surface area contributed by atoms with Gasteiger partial charge in [-0.15, -0.1) is 12.4 Å². The highest BCUT2D eigenvalue weighted by Crippen LogP contribution is 2.31. The molecular weight excluding hydrogens is 287 g/mol. The second-order valence-electron chi connectivity index (χ2n) is 3.94. The smallest absolute Gasteiger partial charge is 0.224 e. The van der Waals surface area contributed by atoms with Gasteiger partial charge in [0.05, 0.1) is 19.9 Å². The molecule has 0 heterocycles. The highest BCUT2D eigenvalue weighted by Gasteiger charge is 2.13. The first-order valence-electron chi connectivity index (χ1n) is 5.98. The zero-order chi connectivity index (χ0) is 14.3. The Morgan fingerprint density at radius 2 is 1.90 bits per heavy atom. The molecule has 1 rings (SSSR count). The first-order chi connectivity index (χ1) is 9.12. The van der Waals surface area contributed by atoms with Gasteiger partial charge < -0.3 is 20.1 Å². The van der Waals surface area contributed by atoms with Gasteiger partial charge in [-0.3, -0.25) is 4.79 Å². The summed E-state index contributed by atoms with van der Waals surface area (Å²) in [5.41, 5.74) is 0.301. The van der Waals surface area contributed by atoms with Crippen molar-refractivity contribution < 1.29 is 18.7 Å². The molecule has 2 N–H and O–H groups in total. The van der Waals surface area contributed by atoms with Crippen LogP contribution in [-0.2, 0) is 4.79 Å². The van der Waals surface area contributed by atoms with Gasteiger partial charge in [-0.05, 0) is 20.0 Å². The topological polar surface area (TPSA) is 59.6 Å². The van der Waals surface area contributed by atoms with Gasteiger partial charge in [0.2, 0.25) is 5.91 Å². The Bertz CT molecular complexity index is 444. The van der Waals surface area contributed by atoms with Gasteiger partial charge in [0.15, 0.2) is 11.6 Å². The first kappa shape index (κ1) is 18.5. The molecule has 0 saturated heterocycles. The van der Waals surface area contributed by atoms with Gasteiger partial charge in [0.1, 0.15) is 5.75 Å². The number of nitrogens with one attached hydrogen (secondary N) is 2. The number of hydrogen-bond donors (Lipinski definition) is 2. The summed E-state index contributed by atoms with van der Waals surface area (Å²) in [5, 5.41) is 5.58. The van der Waals surface area contributed by atoms with Crippen LogP contribution in [0.5, 0.6) is 11.5 Å². The molecule has 1 amide bonds. The molecule has 0 fully saturated rings. The highest BCUT2D eigenvalue weighted by atomic mass is 35.5. The average Bonchev–Trinajstić information content (AvgIpc) is 2.39. The van der Waals surface area contributed by atoms with Crippen molar-refractivity contribution in [2.45, 2.75) is 12.8 Å². The van der Waals surface area contributed by atoms with Crippen LogP contribution < -0.4 is 20.1 Å². The van der Waals surface area contributed by atoms with Crippen molar-refractivity contribution in [3.63, 3.8) is 0 Å². The lowest BCUT2D eigenvalue weighted by Crippen LogP contribution is -2.15. The number of carbonyl (C=O) groups is 1. The van der Waals surface area contributed by atoms with E-state index in [0.717, 1.165) is 6.54 Å². The Morgan fingerprint density at radius 1 is 1.25 bits per heavy atom. The maximum absolute atomic E-state index is 13.6. The Hall–Kier alpha value is -1.53. The molecular formula is C13H20ClFN2O3. The highest BCUT2D eigenvalue weighted by molar-refractivity contribution is 5.92. The Morgan fingerprint density at radius 3 is 2.45 bits per heavy atom. The maximum Gasteiger partial charge on any atom is 0.224 e. The minimum atomic E-state index is -0.547. The van der Waals surface area contributed by atoms with E-state index in [1.807, 2.05) is 7.05 Å². The molecule has 0 aliphatic carbocycles. The van der Waals surface area contributed by atoms with E-state index in [0.29, 0.717) is 24.3 Å². The second-order valence-corrected chi connectivity index (χ2v) is 3.94. The summed E-state index contributed by atoms with van der Waals surface area (Å²) in [5.74, 6) is -0.294. The van der Waals surface area contributed by atoms with Gasteiger partial charge in [-0.1, -0.05) is 0 Å². The van der Waals surface area contributed by atoms with Crippen molar-refractivity contribution in [2.24, 2.45) is 0 Å². The van der Waals surface area contributed by atoms with E-state index in [9.17, 15) is 9.18 Å². The fraction of sp³-hybridized carbons (Fsp3) is 0.462. The molecule has 20 heavy (non-hydrogen) atoms. The van der Waals surface area contributed by atoms with E-state index in [4.69, 9.17) is 9.47 Å². The summed E-state index contributed by atoms with van der Waals surface area (Å²) in [6.45, 7) is 0.752. The van der Waals surface area contributed by atoms with Crippen LogP contribution in [0.2, 0.25) is 0 Å². The monoisotopic (exact) mass is 306 g/mol. The van der Waals surface area contributed by atoms with Crippen molar-refractivity contribution in [2.75, 3.05) is 33.1 Å². The molecule has 114 valence electrons. The molecule has 7 heteroatoms. The normalized spacial score (nSPS) is 9.60. The Kier molecular flexibility index (Phi) is 8.67. The summed E-state index contributed by atoms with van der Waals surface area (Å²) in [6, 6.07) is 2.59. The van der Waals surface area contributed by atoms with Gasteiger partial charge in [-0.25, -0.2) is 4.39 Å². The van der Waals surface area contributed by atoms with E-state index in [1.54, 1.807) is 0 Å². The van der Waals surface area contributed by atoms with E-state index in [2.05, 4.69) is 10.6 Å². The quantitative estimate of drug-likeness (QED) is 0.758. The van der Waals surface area contributed by atoms with Gasteiger partial charge in [0, 0.05) is 18.6 Å². The number of rotatable bonds is 7. The summed E-state index contributed by atoms with van der Waals surface area (Å²) < 4.78 is 23.5. The molecule has 0 aliphatic rings. The zero-order valence-corrected chi connectivity index (χ0v) is 12.6. The maximum atomic E-state index is 13.6. The average molecular weight is 307 g/mol. The summed E-state index contributed by atoms with van der Waals surface area (Å²) in [4.78, 5) is 11.7. The number of methoxy groups -OCH3 is 2. The van der Waals surface area contributed by atoms with Crippen LogP contribution in [0.4, 0.5) is 10.1 Å². The predicted molar refractivity (Wildman–Crippen MR) is 78.5 cm³/mol. The van der Waals surface area contributed by atoms with E-state index < -0.39 is 5.82 Å². The second kappa shape index (κ2) is 9.39. The lowest BCUT2D eigenvalue weighted by Gasteiger charge is -2.12. The van der Waals surface area contributed by atoms with Crippen molar-refractivity contribution in [3.8, 4) is 11.5 Å². The van der Waals surface area contributed by atoms with Gasteiger partial charge in [-0.2, -0.15) is 0 Å². The van der Waals surface area contributed by atoms with Crippen molar-refractivity contribution in [1.82, 2.24) is 5.32 Å². The minimum absolute atomic E-state index is 0. The van der Waals surface area contributed by atoms with Crippen LogP contribution in [-0.4, -0.2) is 33.7 Å². The number of halogens is 2. The third kappa shape index (κ3) is 5.22. The number of ether oxygens (including phenoxy) is 2. The van der Waals surface area contributed by atoms with E-state index >= 15 is 0 Å². The molecule has 0 saturated carbocycles. The summed E-state index contributed by atoms with van der Waals surface area (Å²) >= 11 is 0. The SMILES string of the molecule is CNCCCC(=O)Nc1cc(F)c(OC)cc1OC.Cl. The largest absolute Gasteiger partial charge is 0.494 e. The number of amides is 1. The van der Waals surface area contributed by atoms with Crippen LogP contribution >= 0.6 is 12.4 Å². The first-order valence-corrected chi connectivity index (χ1v) is 5.98. The van der Waals surface area contributed by atoms with Crippen LogP contribution in [0.3, 0.4) is 0 Å². The number of benzene rings is 1. The molecule has 1 aromatic rings. The lowest BCUT2D eigenvalue weighted by molar-refractivity contribution is -0.116. The molecule has 0 bridgehead atoms. The molecule has 0 atom stereocenters. The van der Waals surface area contributed by atoms with Crippen LogP contribution in [0.1, 0.15) is 12.8 Å². The standard InChI is InChI=1S/C13H19FN2O3.ClH/c1-15-6-4-5-13(17)16-10-7-9(14)11(18-2)8-12(10)19-3;/h7-8,15H,4-6H2,1-3H3,(H,16,17);1H. The molecule has 0 aromatic heterocycles. The minimum Gasteiger partial charge on any atom is -0.494 e. The molecule has 0 radical (unpaired) electrons. The van der Waals surface area contributed by atoms with E-state index in [-0.39, 0.29) is 24.1 Å². The number of hydrogen-bond acceptors (Lipinski definition) is 4.